The SMILES string of the molecule is CC(Cc1ccc(F)cc1)N1CCNCC12CCCCC2. The zero-order valence-corrected chi connectivity index (χ0v) is 13.1. The number of nitrogens with one attached hydrogen (secondary N) is 1. The lowest BCUT2D eigenvalue weighted by Crippen LogP contribution is -2.64. The Morgan fingerprint density at radius 3 is 2.62 bits per heavy atom. The van der Waals surface area contributed by atoms with E-state index < -0.39 is 0 Å². The molecule has 1 aliphatic carbocycles. The highest BCUT2D eigenvalue weighted by atomic mass is 19.1. The molecule has 1 aliphatic heterocycles. The second kappa shape index (κ2) is 6.45. The number of hydrogen-bond acceptors (Lipinski definition) is 2. The number of piperazine rings is 1. The third-order valence-corrected chi connectivity index (χ3v) is 5.35. The third-order valence-electron chi connectivity index (χ3n) is 5.35. The van der Waals surface area contributed by atoms with Crippen LogP contribution in [0, 0.1) is 5.82 Å². The molecule has 2 fully saturated rings. The maximum Gasteiger partial charge on any atom is 0.123 e. The largest absolute Gasteiger partial charge is 0.314 e. The summed E-state index contributed by atoms with van der Waals surface area (Å²) in [5.41, 5.74) is 1.61. The van der Waals surface area contributed by atoms with Crippen molar-refractivity contribution in [3.8, 4) is 0 Å². The fourth-order valence-corrected chi connectivity index (χ4v) is 4.29. The molecule has 0 aromatic heterocycles. The molecule has 0 amide bonds. The molecule has 2 aliphatic rings. The van der Waals surface area contributed by atoms with Gasteiger partial charge in [0, 0.05) is 31.2 Å². The first-order valence-electron chi connectivity index (χ1n) is 8.42. The van der Waals surface area contributed by atoms with Gasteiger partial charge >= 0.3 is 0 Å². The standard InChI is InChI=1S/C18H27FN2/c1-15(13-16-5-7-17(19)8-6-16)21-12-11-20-14-18(21)9-3-2-4-10-18/h5-8,15,20H,2-4,9-14H2,1H3. The Bertz CT molecular complexity index is 443. The van der Waals surface area contributed by atoms with Crippen molar-refractivity contribution in [2.24, 2.45) is 0 Å². The first-order chi connectivity index (χ1) is 10.2. The van der Waals surface area contributed by atoms with Gasteiger partial charge in [0.15, 0.2) is 0 Å². The predicted octanol–water partition coefficient (Wildman–Crippen LogP) is 3.36. The summed E-state index contributed by atoms with van der Waals surface area (Å²) < 4.78 is 13.0. The Hall–Kier alpha value is -0.930. The van der Waals surface area contributed by atoms with Gasteiger partial charge in [-0.1, -0.05) is 31.4 Å². The van der Waals surface area contributed by atoms with Crippen molar-refractivity contribution in [2.45, 2.75) is 57.0 Å². The molecule has 3 rings (SSSR count). The second-order valence-electron chi connectivity index (χ2n) is 6.83. The molecule has 116 valence electrons. The van der Waals surface area contributed by atoms with Crippen LogP contribution in [0.4, 0.5) is 4.39 Å². The van der Waals surface area contributed by atoms with Crippen LogP contribution in [0.1, 0.15) is 44.6 Å². The summed E-state index contributed by atoms with van der Waals surface area (Å²) in [6.07, 6.45) is 7.79. The van der Waals surface area contributed by atoms with Gasteiger partial charge in [0.05, 0.1) is 0 Å². The molecule has 1 aromatic rings. The Morgan fingerprint density at radius 2 is 1.90 bits per heavy atom. The zero-order chi connectivity index (χ0) is 14.7. The van der Waals surface area contributed by atoms with Crippen molar-refractivity contribution >= 4 is 0 Å². The maximum atomic E-state index is 13.0. The minimum atomic E-state index is -0.141. The molecule has 0 bridgehead atoms. The topological polar surface area (TPSA) is 15.3 Å². The van der Waals surface area contributed by atoms with Gasteiger partial charge in [-0.25, -0.2) is 4.39 Å². The van der Waals surface area contributed by atoms with Gasteiger partial charge in [-0.3, -0.25) is 4.90 Å². The lowest BCUT2D eigenvalue weighted by Gasteiger charge is -2.52. The molecule has 1 saturated carbocycles. The number of hydrogen-bond donors (Lipinski definition) is 1. The Labute approximate surface area is 127 Å². The van der Waals surface area contributed by atoms with Gasteiger partial charge in [-0.05, 0) is 43.9 Å². The average Bonchev–Trinajstić information content (AvgIpc) is 2.51. The molecule has 3 heteroatoms. The van der Waals surface area contributed by atoms with Crippen LogP contribution in [0.3, 0.4) is 0 Å². The Kier molecular flexibility index (Phi) is 4.60. The minimum absolute atomic E-state index is 0.141. The maximum absolute atomic E-state index is 13.0. The fourth-order valence-electron chi connectivity index (χ4n) is 4.29. The third kappa shape index (κ3) is 3.29. The normalized spacial score (nSPS) is 24.1. The Morgan fingerprint density at radius 1 is 1.19 bits per heavy atom. The predicted molar refractivity (Wildman–Crippen MR) is 85.0 cm³/mol. The van der Waals surface area contributed by atoms with Crippen LogP contribution in [0.15, 0.2) is 24.3 Å². The van der Waals surface area contributed by atoms with Gasteiger partial charge in [0.2, 0.25) is 0 Å². The highest BCUT2D eigenvalue weighted by Gasteiger charge is 2.41. The smallest absolute Gasteiger partial charge is 0.123 e. The van der Waals surface area contributed by atoms with E-state index in [1.54, 1.807) is 12.1 Å². The van der Waals surface area contributed by atoms with Crippen molar-refractivity contribution in [2.75, 3.05) is 19.6 Å². The molecule has 2 nitrogen and oxygen atoms in total. The summed E-state index contributed by atoms with van der Waals surface area (Å²) in [6.45, 7) is 5.71. The molecular weight excluding hydrogens is 263 g/mol. The number of halogens is 1. The lowest BCUT2D eigenvalue weighted by atomic mass is 9.78. The van der Waals surface area contributed by atoms with E-state index >= 15 is 0 Å². The summed E-state index contributed by atoms with van der Waals surface area (Å²) in [4.78, 5) is 2.74. The molecule has 1 unspecified atom stereocenters. The summed E-state index contributed by atoms with van der Waals surface area (Å²) in [5.74, 6) is -0.141. The van der Waals surface area contributed by atoms with E-state index in [0.29, 0.717) is 11.6 Å². The summed E-state index contributed by atoms with van der Waals surface area (Å²) in [7, 11) is 0. The van der Waals surface area contributed by atoms with Gasteiger partial charge in [-0.15, -0.1) is 0 Å². The lowest BCUT2D eigenvalue weighted by molar-refractivity contribution is -0.00172. The van der Waals surface area contributed by atoms with Crippen LogP contribution in [0.25, 0.3) is 0 Å². The van der Waals surface area contributed by atoms with Crippen molar-refractivity contribution in [3.05, 3.63) is 35.6 Å². The van der Waals surface area contributed by atoms with Crippen LogP contribution < -0.4 is 5.32 Å². The minimum Gasteiger partial charge on any atom is -0.314 e. The summed E-state index contributed by atoms with van der Waals surface area (Å²) in [6, 6.07) is 7.55. The van der Waals surface area contributed by atoms with Gasteiger partial charge in [0.1, 0.15) is 5.82 Å². The highest BCUT2D eigenvalue weighted by Crippen LogP contribution is 2.36. The van der Waals surface area contributed by atoms with E-state index in [-0.39, 0.29) is 5.82 Å². The summed E-state index contributed by atoms with van der Waals surface area (Å²) in [5, 5.41) is 3.61. The number of benzene rings is 1. The van der Waals surface area contributed by atoms with Crippen LogP contribution in [-0.2, 0) is 6.42 Å². The molecule has 1 spiro atoms. The van der Waals surface area contributed by atoms with Gasteiger partial charge in [0.25, 0.3) is 0 Å². The molecule has 1 heterocycles. The Balaban J connectivity index is 1.71. The molecule has 21 heavy (non-hydrogen) atoms. The molecule has 1 N–H and O–H groups in total. The molecule has 0 radical (unpaired) electrons. The monoisotopic (exact) mass is 290 g/mol. The highest BCUT2D eigenvalue weighted by molar-refractivity contribution is 5.17. The van der Waals surface area contributed by atoms with Crippen LogP contribution in [-0.4, -0.2) is 36.1 Å². The van der Waals surface area contributed by atoms with Crippen molar-refractivity contribution in [1.82, 2.24) is 10.2 Å². The second-order valence-corrected chi connectivity index (χ2v) is 6.83. The van der Waals surface area contributed by atoms with E-state index in [1.807, 2.05) is 12.1 Å². The average molecular weight is 290 g/mol. The molecule has 1 atom stereocenters. The van der Waals surface area contributed by atoms with E-state index in [0.717, 1.165) is 26.1 Å². The van der Waals surface area contributed by atoms with Gasteiger partial charge in [-0.2, -0.15) is 0 Å². The molecule has 1 saturated heterocycles. The molecule has 1 aromatic carbocycles. The van der Waals surface area contributed by atoms with E-state index in [9.17, 15) is 4.39 Å². The zero-order valence-electron chi connectivity index (χ0n) is 13.1. The molecular formula is C18H27FN2. The van der Waals surface area contributed by atoms with Crippen molar-refractivity contribution in [3.63, 3.8) is 0 Å². The quantitative estimate of drug-likeness (QED) is 0.918. The van der Waals surface area contributed by atoms with Gasteiger partial charge < -0.3 is 5.32 Å². The fraction of sp³-hybridized carbons (Fsp3) is 0.667. The first-order valence-corrected chi connectivity index (χ1v) is 8.42. The van der Waals surface area contributed by atoms with E-state index in [1.165, 1.54) is 37.7 Å². The van der Waals surface area contributed by atoms with E-state index in [2.05, 4.69) is 17.1 Å². The van der Waals surface area contributed by atoms with E-state index in [4.69, 9.17) is 0 Å². The van der Waals surface area contributed by atoms with Crippen LogP contribution in [0.2, 0.25) is 0 Å². The number of nitrogens with zero attached hydrogens (tertiary/aromatic N) is 1. The van der Waals surface area contributed by atoms with Crippen LogP contribution in [0.5, 0.6) is 0 Å². The first kappa shape index (κ1) is 15.0. The number of rotatable bonds is 3. The van der Waals surface area contributed by atoms with Crippen molar-refractivity contribution < 1.29 is 4.39 Å². The van der Waals surface area contributed by atoms with Crippen molar-refractivity contribution in [1.29, 1.82) is 0 Å². The van der Waals surface area contributed by atoms with Crippen LogP contribution >= 0.6 is 0 Å². The summed E-state index contributed by atoms with van der Waals surface area (Å²) >= 11 is 0.